The van der Waals surface area contributed by atoms with E-state index in [0.29, 0.717) is 11.1 Å². The van der Waals surface area contributed by atoms with E-state index < -0.39 is 134 Å². The fourth-order valence-electron chi connectivity index (χ4n) is 5.81. The molecule has 0 radical (unpaired) electrons. The lowest BCUT2D eigenvalue weighted by Crippen LogP contribution is -2.62. The standard InChI is InChI=1S/C39H59BN6O14/c1-8-11-28(40(59)60)45-36(56)25(18-21(2)3)44-38(58)33(39(5,6)7)46-37(57)26(19-23-13-10-9-12-22(23)4)43-34(54)24(14-16-30(48)49)42-35(55)27(20-32(52)53)41-29(47)15-17-31(50)51/h8-10,12-13,21,24-28,33,59-60H,1,11,14-20H2,2-7H3,(H,41,47)(H,42,55)(H,43,54)(H,44,58)(H,45,56)(H,46,57)(H,48,49)(H,50,51)(H,52,53)/t24-,25-,26-,27-,28?,33+/m0/s1. The minimum absolute atomic E-state index is 0.00927. The Bertz CT molecular complexity index is 1720. The van der Waals surface area contributed by atoms with E-state index in [4.69, 9.17) is 5.11 Å². The normalized spacial score (nSPS) is 14.2. The highest BCUT2D eigenvalue weighted by molar-refractivity contribution is 6.43. The summed E-state index contributed by atoms with van der Waals surface area (Å²) in [5.74, 6) is -11.1. The second-order valence-corrected chi connectivity index (χ2v) is 15.8. The molecule has 0 bridgehead atoms. The Labute approximate surface area is 348 Å². The van der Waals surface area contributed by atoms with Gasteiger partial charge in [0.15, 0.2) is 0 Å². The molecule has 0 saturated carbocycles. The van der Waals surface area contributed by atoms with Gasteiger partial charge in [-0.15, -0.1) is 6.58 Å². The highest BCUT2D eigenvalue weighted by atomic mass is 16.4. The maximum atomic E-state index is 14.2. The summed E-state index contributed by atoms with van der Waals surface area (Å²) in [6, 6.07) is -0.663. The molecule has 0 heterocycles. The summed E-state index contributed by atoms with van der Waals surface area (Å²) in [6.45, 7) is 13.8. The SMILES string of the molecule is C=CCC(NC(=O)[C@H](CC(C)C)NC(=O)[C@@H](NC(=O)[C@H](Cc1ccccc1C)NC(=O)[C@H](CCC(=O)O)NC(=O)[C@H](CC(=O)O)NC(=O)CCC(=O)O)C(C)(C)C)B(O)O. The molecule has 1 aromatic rings. The Balaban J connectivity index is 3.56. The largest absolute Gasteiger partial charge is 0.481 e. The summed E-state index contributed by atoms with van der Waals surface area (Å²) in [6.07, 6.45) is -2.09. The van der Waals surface area contributed by atoms with Gasteiger partial charge in [-0.2, -0.15) is 0 Å². The number of aryl methyl sites for hydroxylation is 1. The van der Waals surface area contributed by atoms with Crippen molar-refractivity contribution in [3.8, 4) is 0 Å². The van der Waals surface area contributed by atoms with Gasteiger partial charge in [-0.3, -0.25) is 43.2 Å². The summed E-state index contributed by atoms with van der Waals surface area (Å²) in [4.78, 5) is 115. The number of benzene rings is 1. The lowest BCUT2D eigenvalue weighted by atomic mass is 9.77. The highest BCUT2D eigenvalue weighted by Crippen LogP contribution is 2.21. The molecule has 6 amide bonds. The Morgan fingerprint density at radius 2 is 1.22 bits per heavy atom. The number of carboxylic acids is 3. The molecule has 0 aliphatic heterocycles. The summed E-state index contributed by atoms with van der Waals surface area (Å²) >= 11 is 0. The molecule has 0 aromatic heterocycles. The number of nitrogens with one attached hydrogen (secondary N) is 6. The third-order valence-electron chi connectivity index (χ3n) is 9.06. The van der Waals surface area contributed by atoms with Crippen molar-refractivity contribution < 1.29 is 68.5 Å². The summed E-state index contributed by atoms with van der Waals surface area (Å²) in [7, 11) is -1.93. The van der Waals surface area contributed by atoms with E-state index >= 15 is 0 Å². The van der Waals surface area contributed by atoms with Crippen LogP contribution in [-0.2, 0) is 49.6 Å². The van der Waals surface area contributed by atoms with Crippen LogP contribution in [0.1, 0.15) is 90.7 Å². The van der Waals surface area contributed by atoms with E-state index in [1.54, 1.807) is 65.8 Å². The van der Waals surface area contributed by atoms with Gasteiger partial charge in [0.05, 0.1) is 18.8 Å². The van der Waals surface area contributed by atoms with E-state index in [1.807, 2.05) is 0 Å². The van der Waals surface area contributed by atoms with Crippen molar-refractivity contribution >= 4 is 60.5 Å². The smallest absolute Gasteiger partial charge is 0.475 e. The molecule has 1 rings (SSSR count). The molecule has 11 N–H and O–H groups in total. The number of amides is 6. The van der Waals surface area contributed by atoms with Crippen molar-refractivity contribution in [2.24, 2.45) is 11.3 Å². The Hall–Kier alpha value is -5.83. The van der Waals surface area contributed by atoms with Crippen LogP contribution < -0.4 is 31.9 Å². The lowest BCUT2D eigenvalue weighted by molar-refractivity contribution is -0.142. The van der Waals surface area contributed by atoms with Crippen LogP contribution in [0.15, 0.2) is 36.9 Å². The van der Waals surface area contributed by atoms with Gasteiger partial charge in [0.25, 0.3) is 0 Å². The lowest BCUT2D eigenvalue weighted by Gasteiger charge is -2.34. The maximum absolute atomic E-state index is 14.2. The molecule has 0 saturated heterocycles. The van der Waals surface area contributed by atoms with Gasteiger partial charge in [0.2, 0.25) is 35.4 Å². The molecule has 0 spiro atoms. The minimum atomic E-state index is -1.93. The zero-order chi connectivity index (χ0) is 45.9. The number of carbonyl (C=O) groups excluding carboxylic acids is 6. The van der Waals surface area contributed by atoms with Crippen LogP contribution in [-0.4, -0.2) is 122 Å². The van der Waals surface area contributed by atoms with Gasteiger partial charge in [-0.1, -0.05) is 65.0 Å². The molecule has 60 heavy (non-hydrogen) atoms. The van der Waals surface area contributed by atoms with Gasteiger partial charge in [-0.05, 0) is 48.6 Å². The monoisotopic (exact) mass is 846 g/mol. The zero-order valence-corrected chi connectivity index (χ0v) is 34.8. The topological polar surface area (TPSA) is 327 Å². The molecule has 0 aliphatic carbocycles. The first-order chi connectivity index (χ1) is 27.9. The summed E-state index contributed by atoms with van der Waals surface area (Å²) in [5.41, 5.74) is 0.278. The van der Waals surface area contributed by atoms with Crippen molar-refractivity contribution in [3.05, 3.63) is 48.0 Å². The average Bonchev–Trinajstić information content (AvgIpc) is 3.13. The summed E-state index contributed by atoms with van der Waals surface area (Å²) < 4.78 is 0. The van der Waals surface area contributed by atoms with E-state index in [-0.39, 0.29) is 25.2 Å². The van der Waals surface area contributed by atoms with Crippen molar-refractivity contribution in [3.63, 3.8) is 0 Å². The van der Waals surface area contributed by atoms with Gasteiger partial charge < -0.3 is 57.3 Å². The molecule has 1 unspecified atom stereocenters. The number of hydrogen-bond acceptors (Lipinski definition) is 11. The number of rotatable bonds is 26. The number of hydrogen-bond donors (Lipinski definition) is 11. The average molecular weight is 847 g/mol. The predicted molar refractivity (Wildman–Crippen MR) is 216 cm³/mol. The molecular formula is C39H59BN6O14. The highest BCUT2D eigenvalue weighted by Gasteiger charge is 2.38. The van der Waals surface area contributed by atoms with Gasteiger partial charge in [-0.25, -0.2) is 0 Å². The molecule has 332 valence electrons. The molecule has 6 atom stereocenters. The fourth-order valence-corrected chi connectivity index (χ4v) is 5.81. The first-order valence-electron chi connectivity index (χ1n) is 19.3. The first-order valence-corrected chi connectivity index (χ1v) is 19.3. The van der Waals surface area contributed by atoms with Crippen LogP contribution in [0.5, 0.6) is 0 Å². The predicted octanol–water partition coefficient (Wildman–Crippen LogP) is -0.669. The Morgan fingerprint density at radius 3 is 1.73 bits per heavy atom. The quantitative estimate of drug-likeness (QED) is 0.0407. The second kappa shape index (κ2) is 24.9. The van der Waals surface area contributed by atoms with Gasteiger partial charge in [0, 0.05) is 19.3 Å². The molecule has 1 aromatic carbocycles. The Morgan fingerprint density at radius 1 is 0.683 bits per heavy atom. The minimum Gasteiger partial charge on any atom is -0.481 e. The number of aliphatic carboxylic acids is 3. The van der Waals surface area contributed by atoms with Crippen molar-refractivity contribution in [1.82, 2.24) is 31.9 Å². The third-order valence-corrected chi connectivity index (χ3v) is 9.06. The summed E-state index contributed by atoms with van der Waals surface area (Å²) in [5, 5.41) is 61.9. The number of carboxylic acid groups (broad SMARTS) is 3. The third kappa shape index (κ3) is 19.3. The van der Waals surface area contributed by atoms with E-state index in [2.05, 4.69) is 38.5 Å². The van der Waals surface area contributed by atoms with E-state index in [1.165, 1.54) is 6.08 Å². The van der Waals surface area contributed by atoms with Crippen LogP contribution in [0.3, 0.4) is 0 Å². The molecule has 21 heteroatoms. The second-order valence-electron chi connectivity index (χ2n) is 15.8. The fraction of sp³-hybridized carbons (Fsp3) is 0.564. The molecule has 0 fully saturated rings. The van der Waals surface area contributed by atoms with Crippen LogP contribution in [0, 0.1) is 18.3 Å². The van der Waals surface area contributed by atoms with Crippen LogP contribution in [0.2, 0.25) is 0 Å². The van der Waals surface area contributed by atoms with Crippen LogP contribution in [0.25, 0.3) is 0 Å². The molecule has 0 aliphatic rings. The van der Waals surface area contributed by atoms with E-state index in [9.17, 15) is 63.4 Å². The van der Waals surface area contributed by atoms with Crippen molar-refractivity contribution in [2.45, 2.75) is 129 Å². The molecular weight excluding hydrogens is 787 g/mol. The van der Waals surface area contributed by atoms with Crippen molar-refractivity contribution in [1.29, 1.82) is 0 Å². The van der Waals surface area contributed by atoms with Crippen LogP contribution in [0.4, 0.5) is 0 Å². The van der Waals surface area contributed by atoms with Gasteiger partial charge >= 0.3 is 25.0 Å². The van der Waals surface area contributed by atoms with Gasteiger partial charge in [0.1, 0.15) is 30.2 Å². The van der Waals surface area contributed by atoms with E-state index in [0.717, 1.165) is 0 Å². The van der Waals surface area contributed by atoms with Crippen molar-refractivity contribution in [2.75, 3.05) is 0 Å². The number of carbonyl (C=O) groups is 9. The Kier molecular flexibility index (Phi) is 21.7. The molecule has 20 nitrogen and oxygen atoms in total. The maximum Gasteiger partial charge on any atom is 0.475 e. The first kappa shape index (κ1) is 52.2. The zero-order valence-electron chi connectivity index (χ0n) is 34.8. The van der Waals surface area contributed by atoms with Crippen LogP contribution >= 0.6 is 0 Å².